The maximum atomic E-state index is 5.28. The average Bonchev–Trinajstić information content (AvgIpc) is 3.01. The van der Waals surface area contributed by atoms with Crippen LogP contribution in [0.3, 0.4) is 0 Å². The second-order valence-corrected chi connectivity index (χ2v) is 5.32. The summed E-state index contributed by atoms with van der Waals surface area (Å²) in [5, 5.41) is 7.41. The summed E-state index contributed by atoms with van der Waals surface area (Å²) in [5.74, 6) is 1.28. The van der Waals surface area contributed by atoms with Crippen molar-refractivity contribution in [1.82, 2.24) is 20.4 Å². The SMILES string of the molecule is Brc1cncc(-c2noc(CC3CCCN3)n2)c1. The van der Waals surface area contributed by atoms with Crippen molar-refractivity contribution in [2.45, 2.75) is 25.3 Å². The van der Waals surface area contributed by atoms with Crippen LogP contribution in [0, 0.1) is 0 Å². The number of nitrogens with zero attached hydrogens (tertiary/aromatic N) is 3. The van der Waals surface area contributed by atoms with Crippen LogP contribution in [0.4, 0.5) is 0 Å². The zero-order valence-electron chi connectivity index (χ0n) is 9.77. The second-order valence-electron chi connectivity index (χ2n) is 4.40. The number of halogens is 1. The van der Waals surface area contributed by atoms with Gasteiger partial charge in [0, 0.05) is 34.9 Å². The van der Waals surface area contributed by atoms with Crippen LogP contribution < -0.4 is 5.32 Å². The number of rotatable bonds is 3. The van der Waals surface area contributed by atoms with Crippen LogP contribution in [-0.4, -0.2) is 27.7 Å². The molecule has 0 amide bonds. The monoisotopic (exact) mass is 308 g/mol. The summed E-state index contributed by atoms with van der Waals surface area (Å²) in [7, 11) is 0. The molecular weight excluding hydrogens is 296 g/mol. The van der Waals surface area contributed by atoms with E-state index < -0.39 is 0 Å². The van der Waals surface area contributed by atoms with E-state index in [1.54, 1.807) is 12.4 Å². The van der Waals surface area contributed by atoms with Gasteiger partial charge >= 0.3 is 0 Å². The highest BCUT2D eigenvalue weighted by molar-refractivity contribution is 9.10. The molecule has 18 heavy (non-hydrogen) atoms. The van der Waals surface area contributed by atoms with Crippen LogP contribution in [0.25, 0.3) is 11.4 Å². The van der Waals surface area contributed by atoms with E-state index in [4.69, 9.17) is 4.52 Å². The summed E-state index contributed by atoms with van der Waals surface area (Å²) in [4.78, 5) is 8.50. The van der Waals surface area contributed by atoms with E-state index in [9.17, 15) is 0 Å². The summed E-state index contributed by atoms with van der Waals surface area (Å²) < 4.78 is 6.18. The third-order valence-electron chi connectivity index (χ3n) is 3.01. The Labute approximate surface area is 113 Å². The van der Waals surface area contributed by atoms with Gasteiger partial charge in [0.25, 0.3) is 0 Å². The quantitative estimate of drug-likeness (QED) is 0.941. The first kappa shape index (κ1) is 11.8. The van der Waals surface area contributed by atoms with Gasteiger partial charge in [0.05, 0.1) is 0 Å². The van der Waals surface area contributed by atoms with Crippen molar-refractivity contribution in [2.24, 2.45) is 0 Å². The molecule has 0 aromatic carbocycles. The van der Waals surface area contributed by atoms with Crippen LogP contribution in [0.1, 0.15) is 18.7 Å². The lowest BCUT2D eigenvalue weighted by Gasteiger charge is -2.04. The van der Waals surface area contributed by atoms with E-state index >= 15 is 0 Å². The Kier molecular flexibility index (Phi) is 3.38. The van der Waals surface area contributed by atoms with Gasteiger partial charge in [-0.25, -0.2) is 0 Å². The van der Waals surface area contributed by atoms with Crippen molar-refractivity contribution < 1.29 is 4.52 Å². The third kappa shape index (κ3) is 2.59. The maximum absolute atomic E-state index is 5.28. The topological polar surface area (TPSA) is 63.8 Å². The first-order valence-electron chi connectivity index (χ1n) is 5.98. The Hall–Kier alpha value is -1.27. The lowest BCUT2D eigenvalue weighted by atomic mass is 10.1. The van der Waals surface area contributed by atoms with E-state index in [1.807, 2.05) is 6.07 Å². The Bertz CT molecular complexity index is 536. The minimum absolute atomic E-state index is 0.471. The van der Waals surface area contributed by atoms with Crippen LogP contribution in [0.2, 0.25) is 0 Å². The molecule has 2 aromatic rings. The molecule has 3 rings (SSSR count). The molecule has 1 atom stereocenters. The van der Waals surface area contributed by atoms with Gasteiger partial charge in [-0.3, -0.25) is 4.98 Å². The van der Waals surface area contributed by atoms with Crippen molar-refractivity contribution in [2.75, 3.05) is 6.54 Å². The van der Waals surface area contributed by atoms with Crippen molar-refractivity contribution in [3.8, 4) is 11.4 Å². The summed E-state index contributed by atoms with van der Waals surface area (Å²) in [6.07, 6.45) is 6.66. The van der Waals surface area contributed by atoms with E-state index in [-0.39, 0.29) is 0 Å². The molecule has 94 valence electrons. The number of pyridine rings is 1. The van der Waals surface area contributed by atoms with Gasteiger partial charge in [0.2, 0.25) is 11.7 Å². The van der Waals surface area contributed by atoms with Gasteiger partial charge in [-0.05, 0) is 41.4 Å². The van der Waals surface area contributed by atoms with Crippen molar-refractivity contribution in [3.05, 3.63) is 28.8 Å². The molecule has 1 unspecified atom stereocenters. The molecule has 2 aromatic heterocycles. The highest BCUT2D eigenvalue weighted by Gasteiger charge is 2.18. The summed E-state index contributed by atoms with van der Waals surface area (Å²) in [5.41, 5.74) is 0.860. The van der Waals surface area contributed by atoms with Crippen LogP contribution in [-0.2, 0) is 6.42 Å². The van der Waals surface area contributed by atoms with Crippen LogP contribution >= 0.6 is 15.9 Å². The van der Waals surface area contributed by atoms with Gasteiger partial charge < -0.3 is 9.84 Å². The highest BCUT2D eigenvalue weighted by atomic mass is 79.9. The fourth-order valence-corrected chi connectivity index (χ4v) is 2.50. The molecule has 0 spiro atoms. The van der Waals surface area contributed by atoms with Gasteiger partial charge in [-0.2, -0.15) is 4.98 Å². The molecule has 1 aliphatic heterocycles. The molecule has 0 radical (unpaired) electrons. The van der Waals surface area contributed by atoms with Crippen LogP contribution in [0.15, 0.2) is 27.5 Å². The minimum atomic E-state index is 0.471. The molecule has 1 aliphatic rings. The van der Waals surface area contributed by atoms with E-state index in [0.29, 0.717) is 17.8 Å². The first-order chi connectivity index (χ1) is 8.81. The minimum Gasteiger partial charge on any atom is -0.339 e. The number of hydrogen-bond donors (Lipinski definition) is 1. The number of hydrogen-bond acceptors (Lipinski definition) is 5. The fraction of sp³-hybridized carbons (Fsp3) is 0.417. The summed E-state index contributed by atoms with van der Waals surface area (Å²) in [6.45, 7) is 1.08. The average molecular weight is 309 g/mol. The largest absolute Gasteiger partial charge is 0.339 e. The predicted octanol–water partition coefficient (Wildman–Crippen LogP) is 2.19. The molecule has 1 saturated heterocycles. The van der Waals surface area contributed by atoms with Crippen LogP contribution in [0.5, 0.6) is 0 Å². The van der Waals surface area contributed by atoms with Gasteiger partial charge in [-0.1, -0.05) is 5.16 Å². The highest BCUT2D eigenvalue weighted by Crippen LogP contribution is 2.20. The van der Waals surface area contributed by atoms with E-state index in [0.717, 1.165) is 23.0 Å². The lowest BCUT2D eigenvalue weighted by Crippen LogP contribution is -2.23. The van der Waals surface area contributed by atoms with Crippen molar-refractivity contribution >= 4 is 15.9 Å². The Morgan fingerprint density at radius 3 is 3.17 bits per heavy atom. The normalized spacial score (nSPS) is 19.3. The standard InChI is InChI=1S/C12H13BrN4O/c13-9-4-8(6-14-7-9)12-16-11(18-17-12)5-10-2-1-3-15-10/h4,6-7,10,15H,1-3,5H2. The molecule has 0 aliphatic carbocycles. The number of nitrogens with one attached hydrogen (secondary N) is 1. The second kappa shape index (κ2) is 5.16. The third-order valence-corrected chi connectivity index (χ3v) is 3.45. The molecule has 0 bridgehead atoms. The lowest BCUT2D eigenvalue weighted by molar-refractivity contribution is 0.364. The summed E-state index contributed by atoms with van der Waals surface area (Å²) >= 11 is 3.38. The van der Waals surface area contributed by atoms with Gasteiger partial charge in [0.15, 0.2) is 0 Å². The van der Waals surface area contributed by atoms with Gasteiger partial charge in [0.1, 0.15) is 0 Å². The Balaban J connectivity index is 1.76. The molecule has 3 heterocycles. The van der Waals surface area contributed by atoms with E-state index in [1.165, 1.54) is 12.8 Å². The van der Waals surface area contributed by atoms with Crippen molar-refractivity contribution in [1.29, 1.82) is 0 Å². The molecule has 1 N–H and O–H groups in total. The predicted molar refractivity (Wildman–Crippen MR) is 70.0 cm³/mol. The Morgan fingerprint density at radius 2 is 2.39 bits per heavy atom. The van der Waals surface area contributed by atoms with Gasteiger partial charge in [-0.15, -0.1) is 0 Å². The molecule has 6 heteroatoms. The Morgan fingerprint density at radius 1 is 1.44 bits per heavy atom. The molecular formula is C12H13BrN4O. The van der Waals surface area contributed by atoms with E-state index in [2.05, 4.69) is 36.4 Å². The fourth-order valence-electron chi connectivity index (χ4n) is 2.13. The number of aromatic nitrogens is 3. The van der Waals surface area contributed by atoms with Crippen molar-refractivity contribution in [3.63, 3.8) is 0 Å². The smallest absolute Gasteiger partial charge is 0.228 e. The summed E-state index contributed by atoms with van der Waals surface area (Å²) in [6, 6.07) is 2.40. The molecule has 1 fully saturated rings. The zero-order chi connectivity index (χ0) is 12.4. The maximum Gasteiger partial charge on any atom is 0.228 e. The molecule has 0 saturated carbocycles. The zero-order valence-corrected chi connectivity index (χ0v) is 11.4. The molecule has 5 nitrogen and oxygen atoms in total. The first-order valence-corrected chi connectivity index (χ1v) is 6.77.